The fourth-order valence-corrected chi connectivity index (χ4v) is 2.55. The molecule has 2 aromatic carbocycles. The lowest BCUT2D eigenvalue weighted by Crippen LogP contribution is -2.03. The maximum Gasteiger partial charge on any atom is 0.387 e. The molecule has 0 N–H and O–H groups in total. The smallest absolute Gasteiger partial charge is 0.387 e. The van der Waals surface area contributed by atoms with Crippen LogP contribution < -0.4 is 9.47 Å². The van der Waals surface area contributed by atoms with Gasteiger partial charge in [-0.25, -0.2) is 0 Å². The molecule has 0 aliphatic carbocycles. The van der Waals surface area contributed by atoms with Gasteiger partial charge in [-0.15, -0.1) is 10.2 Å². The number of ether oxygens (including phenoxy) is 2. The molecule has 0 unspecified atom stereocenters. The maximum atomic E-state index is 12.4. The van der Waals surface area contributed by atoms with Gasteiger partial charge in [-0.05, 0) is 18.2 Å². The first-order chi connectivity index (χ1) is 13.6. The normalized spacial score (nSPS) is 11.0. The fourth-order valence-electron chi connectivity index (χ4n) is 2.55. The average molecular weight is 385 g/mol. The van der Waals surface area contributed by atoms with E-state index in [1.165, 1.54) is 25.3 Å². The Morgan fingerprint density at radius 3 is 2.43 bits per heavy atom. The van der Waals surface area contributed by atoms with Gasteiger partial charge in [0.25, 0.3) is 5.89 Å². The predicted octanol–water partition coefficient (Wildman–Crippen LogP) is 4.67. The number of aromatic nitrogens is 3. The van der Waals surface area contributed by atoms with Gasteiger partial charge >= 0.3 is 6.61 Å². The van der Waals surface area contributed by atoms with Crippen molar-refractivity contribution < 1.29 is 27.2 Å². The Morgan fingerprint density at radius 2 is 1.68 bits per heavy atom. The zero-order chi connectivity index (χ0) is 19.5. The third kappa shape index (κ3) is 3.54. The zero-order valence-electron chi connectivity index (χ0n) is 14.5. The topological polar surface area (TPSA) is 83.4 Å². The van der Waals surface area contributed by atoms with E-state index in [1.807, 2.05) is 30.3 Å². The third-order valence-electron chi connectivity index (χ3n) is 3.84. The van der Waals surface area contributed by atoms with Crippen LogP contribution >= 0.6 is 0 Å². The molecule has 9 heteroatoms. The van der Waals surface area contributed by atoms with E-state index in [2.05, 4.69) is 20.1 Å². The van der Waals surface area contributed by atoms with Gasteiger partial charge in [-0.2, -0.15) is 8.78 Å². The van der Waals surface area contributed by atoms with E-state index in [4.69, 9.17) is 13.7 Å². The number of rotatable bonds is 6. The standard InChI is InChI=1S/C19H13F2N3O4/c1-25-16-9-12(7-8-14(16)26-19(20)21)17-22-23-18(27-17)13-10-15(28-24-13)11-5-3-2-4-6-11/h2-10,19H,1H3. The van der Waals surface area contributed by atoms with Gasteiger partial charge < -0.3 is 18.4 Å². The van der Waals surface area contributed by atoms with Crippen LogP contribution in [0.4, 0.5) is 8.78 Å². The molecule has 4 aromatic rings. The number of hydrogen-bond donors (Lipinski definition) is 0. The summed E-state index contributed by atoms with van der Waals surface area (Å²) < 4.78 is 45.3. The van der Waals surface area contributed by atoms with Crippen LogP contribution in [0.5, 0.6) is 11.5 Å². The summed E-state index contributed by atoms with van der Waals surface area (Å²) in [6.07, 6.45) is 0. The van der Waals surface area contributed by atoms with E-state index >= 15 is 0 Å². The van der Waals surface area contributed by atoms with Crippen LogP contribution in [0.2, 0.25) is 0 Å². The molecule has 0 aliphatic rings. The lowest BCUT2D eigenvalue weighted by Gasteiger charge is -2.10. The first-order valence-corrected chi connectivity index (χ1v) is 8.13. The van der Waals surface area contributed by atoms with Crippen molar-refractivity contribution in [2.45, 2.75) is 6.61 Å². The highest BCUT2D eigenvalue weighted by Crippen LogP contribution is 2.34. The van der Waals surface area contributed by atoms with Crippen LogP contribution in [-0.4, -0.2) is 29.1 Å². The molecule has 0 fully saturated rings. The van der Waals surface area contributed by atoms with Gasteiger partial charge in [0.05, 0.1) is 7.11 Å². The molecular formula is C19H13F2N3O4. The highest BCUT2D eigenvalue weighted by molar-refractivity contribution is 5.64. The first kappa shape index (κ1) is 17.7. The summed E-state index contributed by atoms with van der Waals surface area (Å²) in [5, 5.41) is 11.9. The Hall–Kier alpha value is -3.75. The minimum absolute atomic E-state index is 0.0926. The van der Waals surface area contributed by atoms with Crippen molar-refractivity contribution in [1.29, 1.82) is 0 Å². The average Bonchev–Trinajstić information content (AvgIpc) is 3.38. The van der Waals surface area contributed by atoms with Crippen molar-refractivity contribution in [3.63, 3.8) is 0 Å². The van der Waals surface area contributed by atoms with Crippen molar-refractivity contribution in [1.82, 2.24) is 15.4 Å². The van der Waals surface area contributed by atoms with E-state index in [0.29, 0.717) is 17.0 Å². The lowest BCUT2D eigenvalue weighted by atomic mass is 10.2. The van der Waals surface area contributed by atoms with Gasteiger partial charge in [0.15, 0.2) is 23.0 Å². The van der Waals surface area contributed by atoms with Gasteiger partial charge in [0.1, 0.15) is 0 Å². The summed E-state index contributed by atoms with van der Waals surface area (Å²) in [5.74, 6) is 0.912. The minimum atomic E-state index is -2.96. The van der Waals surface area contributed by atoms with E-state index in [0.717, 1.165) is 5.56 Å². The van der Waals surface area contributed by atoms with Crippen LogP contribution in [0.3, 0.4) is 0 Å². The first-order valence-electron chi connectivity index (χ1n) is 8.13. The summed E-state index contributed by atoms with van der Waals surface area (Å²) in [4.78, 5) is 0. The molecule has 0 saturated carbocycles. The maximum absolute atomic E-state index is 12.4. The van der Waals surface area contributed by atoms with Crippen molar-refractivity contribution in [2.75, 3.05) is 7.11 Å². The van der Waals surface area contributed by atoms with Crippen molar-refractivity contribution in [2.24, 2.45) is 0 Å². The van der Waals surface area contributed by atoms with Crippen LogP contribution in [0.25, 0.3) is 34.4 Å². The molecule has 0 spiro atoms. The van der Waals surface area contributed by atoms with E-state index < -0.39 is 6.61 Å². The molecule has 0 bridgehead atoms. The molecule has 0 amide bonds. The molecule has 4 rings (SSSR count). The Balaban J connectivity index is 1.61. The van der Waals surface area contributed by atoms with Crippen molar-refractivity contribution in [3.05, 3.63) is 54.6 Å². The summed E-state index contributed by atoms with van der Waals surface area (Å²) in [6, 6.07) is 15.5. The second kappa shape index (κ2) is 7.47. The molecule has 0 radical (unpaired) electrons. The molecule has 0 atom stereocenters. The van der Waals surface area contributed by atoms with E-state index in [-0.39, 0.29) is 23.3 Å². The van der Waals surface area contributed by atoms with Gasteiger partial charge in [-0.1, -0.05) is 35.5 Å². The second-order valence-corrected chi connectivity index (χ2v) is 5.60. The summed E-state index contributed by atoms with van der Waals surface area (Å²) in [5.41, 5.74) is 1.71. The van der Waals surface area contributed by atoms with Gasteiger partial charge in [0.2, 0.25) is 5.89 Å². The SMILES string of the molecule is COc1cc(-c2nnc(-c3cc(-c4ccccc4)on3)o2)ccc1OC(F)F. The predicted molar refractivity (Wildman–Crippen MR) is 93.9 cm³/mol. The number of alkyl halides is 2. The second-order valence-electron chi connectivity index (χ2n) is 5.60. The van der Waals surface area contributed by atoms with Gasteiger partial charge in [0, 0.05) is 17.2 Å². The molecule has 0 aliphatic heterocycles. The molecule has 0 saturated heterocycles. The Labute approximate surface area is 157 Å². The quantitative estimate of drug-likeness (QED) is 0.477. The Bertz CT molecular complexity index is 1080. The van der Waals surface area contributed by atoms with Crippen LogP contribution in [-0.2, 0) is 0 Å². The minimum Gasteiger partial charge on any atom is -0.493 e. The Kier molecular flexibility index (Phi) is 4.71. The number of nitrogens with zero attached hydrogens (tertiary/aromatic N) is 3. The number of benzene rings is 2. The molecule has 2 heterocycles. The third-order valence-corrected chi connectivity index (χ3v) is 3.84. The number of methoxy groups -OCH3 is 1. The number of halogens is 2. The Morgan fingerprint density at radius 1 is 0.893 bits per heavy atom. The highest BCUT2D eigenvalue weighted by Gasteiger charge is 2.18. The van der Waals surface area contributed by atoms with E-state index in [1.54, 1.807) is 6.07 Å². The van der Waals surface area contributed by atoms with Crippen molar-refractivity contribution in [3.8, 4) is 45.9 Å². The summed E-state index contributed by atoms with van der Waals surface area (Å²) in [7, 11) is 1.34. The summed E-state index contributed by atoms with van der Waals surface area (Å²) in [6.45, 7) is -2.96. The summed E-state index contributed by atoms with van der Waals surface area (Å²) >= 11 is 0. The zero-order valence-corrected chi connectivity index (χ0v) is 14.5. The van der Waals surface area contributed by atoms with E-state index in [9.17, 15) is 8.78 Å². The molecule has 2 aromatic heterocycles. The van der Waals surface area contributed by atoms with Crippen molar-refractivity contribution >= 4 is 0 Å². The molecular weight excluding hydrogens is 372 g/mol. The van der Waals surface area contributed by atoms with Crippen LogP contribution in [0.15, 0.2) is 63.5 Å². The lowest BCUT2D eigenvalue weighted by molar-refractivity contribution is -0.0512. The van der Waals surface area contributed by atoms with Crippen LogP contribution in [0.1, 0.15) is 0 Å². The van der Waals surface area contributed by atoms with Crippen LogP contribution in [0, 0.1) is 0 Å². The molecule has 142 valence electrons. The monoisotopic (exact) mass is 385 g/mol. The highest BCUT2D eigenvalue weighted by atomic mass is 19.3. The van der Waals surface area contributed by atoms with Gasteiger partial charge in [-0.3, -0.25) is 0 Å². The largest absolute Gasteiger partial charge is 0.493 e. The molecule has 28 heavy (non-hydrogen) atoms. The molecule has 7 nitrogen and oxygen atoms in total. The fraction of sp³-hybridized carbons (Fsp3) is 0.105. The number of hydrogen-bond acceptors (Lipinski definition) is 7.